The maximum Gasteiger partial charge on any atom is 0.323 e. The van der Waals surface area contributed by atoms with Gasteiger partial charge in [0.05, 0.1) is 7.11 Å². The molecule has 0 amide bonds. The van der Waals surface area contributed by atoms with Gasteiger partial charge in [-0.05, 0) is 12.0 Å². The molecule has 5 nitrogen and oxygen atoms in total. The predicted molar refractivity (Wildman–Crippen MR) is 69.6 cm³/mol. The van der Waals surface area contributed by atoms with E-state index in [1.54, 1.807) is 0 Å². The van der Waals surface area contributed by atoms with Crippen molar-refractivity contribution >= 4 is 13.5 Å². The molecule has 0 fully saturated rings. The van der Waals surface area contributed by atoms with Crippen LogP contribution in [0.15, 0.2) is 30.3 Å². The van der Waals surface area contributed by atoms with Crippen molar-refractivity contribution in [2.75, 3.05) is 20.9 Å². The number of hydrogen-bond donors (Lipinski definition) is 1. The van der Waals surface area contributed by atoms with Gasteiger partial charge in [-0.2, -0.15) is 0 Å². The maximum absolute atomic E-state index is 11.9. The molecular formula is C12H18NO4P. The van der Waals surface area contributed by atoms with Crippen molar-refractivity contribution in [1.82, 2.24) is 5.09 Å². The van der Waals surface area contributed by atoms with E-state index in [4.69, 9.17) is 9.26 Å². The third-order valence-electron chi connectivity index (χ3n) is 2.51. The summed E-state index contributed by atoms with van der Waals surface area (Å²) >= 11 is 0. The predicted octanol–water partition coefficient (Wildman–Crippen LogP) is 1.83. The first kappa shape index (κ1) is 14.9. The standard InChI is InChI=1S/C12H18NO4P/c1-16-12(14)11(13-18(3,15)17-2)9-10-7-5-4-6-8-10/h4-8,11H,9H2,1-3H3,(H,13,15). The second-order valence-electron chi connectivity index (χ2n) is 3.92. The van der Waals surface area contributed by atoms with Gasteiger partial charge in [0.2, 0.25) is 0 Å². The highest BCUT2D eigenvalue weighted by molar-refractivity contribution is 7.56. The Morgan fingerprint density at radius 2 is 1.94 bits per heavy atom. The van der Waals surface area contributed by atoms with Crippen molar-refractivity contribution in [2.45, 2.75) is 12.5 Å². The van der Waals surface area contributed by atoms with E-state index < -0.39 is 19.5 Å². The molecule has 1 N–H and O–H groups in total. The average Bonchev–Trinajstić information content (AvgIpc) is 2.38. The van der Waals surface area contributed by atoms with Gasteiger partial charge in [-0.3, -0.25) is 9.36 Å². The smallest absolute Gasteiger partial charge is 0.323 e. The lowest BCUT2D eigenvalue weighted by Crippen LogP contribution is -2.37. The molecule has 2 unspecified atom stereocenters. The number of esters is 1. The summed E-state index contributed by atoms with van der Waals surface area (Å²) in [7, 11) is -0.346. The lowest BCUT2D eigenvalue weighted by molar-refractivity contribution is -0.142. The second kappa shape index (κ2) is 6.69. The van der Waals surface area contributed by atoms with Gasteiger partial charge >= 0.3 is 5.97 Å². The van der Waals surface area contributed by atoms with Gasteiger partial charge in [-0.25, -0.2) is 5.09 Å². The van der Waals surface area contributed by atoms with Crippen molar-refractivity contribution in [3.05, 3.63) is 35.9 Å². The summed E-state index contributed by atoms with van der Waals surface area (Å²) in [6, 6.07) is 8.75. The van der Waals surface area contributed by atoms with E-state index in [0.29, 0.717) is 6.42 Å². The zero-order valence-electron chi connectivity index (χ0n) is 10.8. The molecule has 1 aromatic carbocycles. The molecule has 0 spiro atoms. The Labute approximate surface area is 107 Å². The van der Waals surface area contributed by atoms with E-state index in [0.717, 1.165) is 5.56 Å². The van der Waals surface area contributed by atoms with Gasteiger partial charge in [-0.1, -0.05) is 30.3 Å². The SMILES string of the molecule is COC(=O)C(Cc1ccccc1)NP(C)(=O)OC. The molecule has 0 aliphatic heterocycles. The Balaban J connectivity index is 2.80. The fourth-order valence-corrected chi connectivity index (χ4v) is 2.38. The number of benzene rings is 1. The Kier molecular flexibility index (Phi) is 5.54. The van der Waals surface area contributed by atoms with Gasteiger partial charge < -0.3 is 9.26 Å². The molecule has 0 aromatic heterocycles. The van der Waals surface area contributed by atoms with Crippen molar-refractivity contribution in [3.8, 4) is 0 Å². The van der Waals surface area contributed by atoms with E-state index >= 15 is 0 Å². The number of ether oxygens (including phenoxy) is 1. The van der Waals surface area contributed by atoms with Crippen LogP contribution in [-0.4, -0.2) is 32.9 Å². The first-order valence-corrected chi connectivity index (χ1v) is 7.58. The summed E-state index contributed by atoms with van der Waals surface area (Å²) in [4.78, 5) is 11.6. The molecular weight excluding hydrogens is 253 g/mol. The minimum absolute atomic E-state index is 0.398. The van der Waals surface area contributed by atoms with E-state index in [2.05, 4.69) is 5.09 Å². The van der Waals surface area contributed by atoms with Gasteiger partial charge in [0.1, 0.15) is 6.04 Å². The van der Waals surface area contributed by atoms with Crippen LogP contribution in [0.2, 0.25) is 0 Å². The third-order valence-corrected chi connectivity index (χ3v) is 3.98. The lowest BCUT2D eigenvalue weighted by Gasteiger charge is -2.20. The van der Waals surface area contributed by atoms with E-state index in [9.17, 15) is 9.36 Å². The monoisotopic (exact) mass is 271 g/mol. The summed E-state index contributed by atoms with van der Waals surface area (Å²) in [5.74, 6) is -0.460. The molecule has 2 atom stereocenters. The van der Waals surface area contributed by atoms with Gasteiger partial charge in [0.15, 0.2) is 0 Å². The normalized spacial score (nSPS) is 15.7. The summed E-state index contributed by atoms with van der Waals surface area (Å²) in [6.45, 7) is 1.42. The van der Waals surface area contributed by atoms with E-state index in [-0.39, 0.29) is 0 Å². The number of carbonyl (C=O) groups excluding carboxylic acids is 1. The Hall–Kier alpha value is -1.16. The number of methoxy groups -OCH3 is 1. The summed E-state index contributed by atoms with van der Waals surface area (Å²) < 4.78 is 21.4. The molecule has 0 bridgehead atoms. The van der Waals surface area contributed by atoms with Crippen molar-refractivity contribution < 1.29 is 18.6 Å². The lowest BCUT2D eigenvalue weighted by atomic mass is 10.1. The van der Waals surface area contributed by atoms with Crippen molar-refractivity contribution in [1.29, 1.82) is 0 Å². The molecule has 0 saturated heterocycles. The largest absolute Gasteiger partial charge is 0.468 e. The summed E-state index contributed by atoms with van der Waals surface area (Å²) in [5, 5.41) is 2.70. The molecule has 0 heterocycles. The average molecular weight is 271 g/mol. The molecule has 0 aliphatic carbocycles. The first-order chi connectivity index (χ1) is 8.48. The number of nitrogens with one attached hydrogen (secondary N) is 1. The van der Waals surface area contributed by atoms with Crippen LogP contribution >= 0.6 is 7.52 Å². The molecule has 1 rings (SSSR count). The van der Waals surface area contributed by atoms with Crippen LogP contribution < -0.4 is 5.09 Å². The quantitative estimate of drug-likeness (QED) is 0.631. The maximum atomic E-state index is 11.9. The van der Waals surface area contributed by atoms with Crippen LogP contribution in [0, 0.1) is 0 Å². The van der Waals surface area contributed by atoms with Gasteiger partial charge in [0.25, 0.3) is 7.52 Å². The van der Waals surface area contributed by atoms with Crippen LogP contribution in [0.3, 0.4) is 0 Å². The first-order valence-electron chi connectivity index (χ1n) is 5.51. The number of rotatable bonds is 6. The second-order valence-corrected chi connectivity index (χ2v) is 6.24. The molecule has 0 aliphatic rings. The number of hydrogen-bond acceptors (Lipinski definition) is 4. The van der Waals surface area contributed by atoms with Crippen molar-refractivity contribution in [2.24, 2.45) is 0 Å². The minimum Gasteiger partial charge on any atom is -0.468 e. The van der Waals surface area contributed by atoms with Gasteiger partial charge in [0, 0.05) is 13.8 Å². The molecule has 0 saturated carbocycles. The molecule has 100 valence electrons. The Morgan fingerprint density at radius 1 is 1.33 bits per heavy atom. The fourth-order valence-electron chi connectivity index (χ4n) is 1.51. The molecule has 6 heteroatoms. The topological polar surface area (TPSA) is 64.6 Å². The van der Waals surface area contributed by atoms with Crippen LogP contribution in [0.5, 0.6) is 0 Å². The zero-order chi connectivity index (χ0) is 13.6. The van der Waals surface area contributed by atoms with Crippen LogP contribution in [0.25, 0.3) is 0 Å². The molecule has 1 aromatic rings. The Bertz CT molecular complexity index is 435. The minimum atomic E-state index is -2.98. The highest BCUT2D eigenvalue weighted by Crippen LogP contribution is 2.37. The zero-order valence-corrected chi connectivity index (χ0v) is 11.6. The van der Waals surface area contributed by atoms with E-state index in [1.807, 2.05) is 30.3 Å². The number of carbonyl (C=O) groups is 1. The van der Waals surface area contributed by atoms with Crippen LogP contribution in [0.1, 0.15) is 5.56 Å². The molecule has 18 heavy (non-hydrogen) atoms. The third kappa shape index (κ3) is 4.61. The van der Waals surface area contributed by atoms with Gasteiger partial charge in [-0.15, -0.1) is 0 Å². The fraction of sp³-hybridized carbons (Fsp3) is 0.417. The van der Waals surface area contributed by atoms with Crippen molar-refractivity contribution in [3.63, 3.8) is 0 Å². The Morgan fingerprint density at radius 3 is 2.44 bits per heavy atom. The van der Waals surface area contributed by atoms with Crippen LogP contribution in [-0.2, 0) is 25.0 Å². The molecule has 0 radical (unpaired) electrons. The highest BCUT2D eigenvalue weighted by Gasteiger charge is 2.26. The summed E-state index contributed by atoms with van der Waals surface area (Å²) in [6.07, 6.45) is 0.398. The highest BCUT2D eigenvalue weighted by atomic mass is 31.2. The van der Waals surface area contributed by atoms with Crippen LogP contribution in [0.4, 0.5) is 0 Å². The van der Waals surface area contributed by atoms with E-state index in [1.165, 1.54) is 20.9 Å². The summed E-state index contributed by atoms with van der Waals surface area (Å²) in [5.41, 5.74) is 0.955.